The smallest absolute Gasteiger partial charge is 0.255 e. The van der Waals surface area contributed by atoms with Gasteiger partial charge in [0.2, 0.25) is 0 Å². The van der Waals surface area contributed by atoms with Crippen molar-refractivity contribution in [2.24, 2.45) is 5.92 Å². The molecule has 3 heterocycles. The van der Waals surface area contributed by atoms with E-state index < -0.39 is 0 Å². The van der Waals surface area contributed by atoms with Crippen LogP contribution in [0.3, 0.4) is 0 Å². The predicted molar refractivity (Wildman–Crippen MR) is 94.7 cm³/mol. The van der Waals surface area contributed by atoms with Gasteiger partial charge in [0.25, 0.3) is 5.91 Å². The Labute approximate surface area is 141 Å². The average Bonchev–Trinajstić information content (AvgIpc) is 3.09. The Hall–Kier alpha value is -1.72. The van der Waals surface area contributed by atoms with E-state index in [1.165, 1.54) is 0 Å². The number of thiophene rings is 1. The topological polar surface area (TPSA) is 36.4 Å². The Balaban J connectivity index is 1.60. The Kier molecular flexibility index (Phi) is 5.08. The van der Waals surface area contributed by atoms with Crippen molar-refractivity contribution in [1.29, 1.82) is 0 Å². The van der Waals surface area contributed by atoms with Crippen molar-refractivity contribution in [2.45, 2.75) is 13.8 Å². The zero-order chi connectivity index (χ0) is 16.2. The van der Waals surface area contributed by atoms with Gasteiger partial charge < -0.3 is 4.90 Å². The number of nitrogens with zero attached hydrogens (tertiary/aromatic N) is 3. The first kappa shape index (κ1) is 16.1. The molecule has 1 amide bonds. The zero-order valence-corrected chi connectivity index (χ0v) is 14.6. The third-order valence-electron chi connectivity index (χ3n) is 4.07. The second kappa shape index (κ2) is 7.23. The van der Waals surface area contributed by atoms with Gasteiger partial charge in [-0.2, -0.15) is 0 Å². The number of aromatic nitrogens is 1. The highest BCUT2D eigenvalue weighted by molar-refractivity contribution is 7.13. The average molecular weight is 329 g/mol. The molecule has 1 aliphatic rings. The van der Waals surface area contributed by atoms with Crippen molar-refractivity contribution in [3.8, 4) is 10.6 Å². The molecular formula is C18H23N3OS. The summed E-state index contributed by atoms with van der Waals surface area (Å²) in [5.41, 5.74) is 1.61. The highest BCUT2D eigenvalue weighted by atomic mass is 32.1. The van der Waals surface area contributed by atoms with Crippen LogP contribution < -0.4 is 0 Å². The molecule has 0 spiro atoms. The Morgan fingerprint density at radius 1 is 1.22 bits per heavy atom. The molecule has 0 aliphatic carbocycles. The maximum Gasteiger partial charge on any atom is 0.255 e. The quantitative estimate of drug-likeness (QED) is 0.864. The lowest BCUT2D eigenvalue weighted by molar-refractivity contribution is 0.0623. The summed E-state index contributed by atoms with van der Waals surface area (Å²) in [6.45, 7) is 9.11. The van der Waals surface area contributed by atoms with Gasteiger partial charge in [-0.25, -0.2) is 0 Å². The maximum atomic E-state index is 12.6. The van der Waals surface area contributed by atoms with Gasteiger partial charge in [-0.15, -0.1) is 11.3 Å². The minimum absolute atomic E-state index is 0.0967. The molecule has 0 atom stereocenters. The van der Waals surface area contributed by atoms with E-state index in [2.05, 4.69) is 23.7 Å². The van der Waals surface area contributed by atoms with E-state index in [1.807, 2.05) is 34.5 Å². The van der Waals surface area contributed by atoms with Crippen molar-refractivity contribution < 1.29 is 4.79 Å². The second-order valence-corrected chi connectivity index (χ2v) is 7.34. The molecule has 1 aliphatic heterocycles. The Morgan fingerprint density at radius 2 is 2.00 bits per heavy atom. The third kappa shape index (κ3) is 3.98. The number of carbonyl (C=O) groups excluding carboxylic acids is 1. The summed E-state index contributed by atoms with van der Waals surface area (Å²) in [6.07, 6.45) is 1.71. The molecule has 0 saturated carbocycles. The van der Waals surface area contributed by atoms with E-state index >= 15 is 0 Å². The van der Waals surface area contributed by atoms with Crippen LogP contribution in [0.15, 0.2) is 35.8 Å². The lowest BCUT2D eigenvalue weighted by atomic mass is 10.1. The zero-order valence-electron chi connectivity index (χ0n) is 13.7. The van der Waals surface area contributed by atoms with E-state index in [1.54, 1.807) is 17.5 Å². The van der Waals surface area contributed by atoms with Crippen LogP contribution in [0, 0.1) is 5.92 Å². The molecule has 1 saturated heterocycles. The van der Waals surface area contributed by atoms with Gasteiger partial charge in [0.05, 0.1) is 16.1 Å². The summed E-state index contributed by atoms with van der Waals surface area (Å²) in [4.78, 5) is 22.6. The molecule has 2 aromatic rings. The van der Waals surface area contributed by atoms with Crippen molar-refractivity contribution >= 4 is 17.2 Å². The van der Waals surface area contributed by atoms with Gasteiger partial charge in [0.15, 0.2) is 0 Å². The molecule has 2 aromatic heterocycles. The molecule has 0 N–H and O–H groups in total. The van der Waals surface area contributed by atoms with E-state index in [4.69, 9.17) is 0 Å². The summed E-state index contributed by atoms with van der Waals surface area (Å²) in [5.74, 6) is 0.769. The SMILES string of the molecule is CC(C)CN1CCN(C(=O)c2ccc(-c3cccs3)nc2)CC1. The van der Waals surface area contributed by atoms with Crippen molar-refractivity contribution in [3.63, 3.8) is 0 Å². The van der Waals surface area contributed by atoms with Crippen LogP contribution in [0.4, 0.5) is 0 Å². The minimum Gasteiger partial charge on any atom is -0.336 e. The van der Waals surface area contributed by atoms with Crippen LogP contribution >= 0.6 is 11.3 Å². The van der Waals surface area contributed by atoms with Crippen molar-refractivity contribution in [1.82, 2.24) is 14.8 Å². The number of hydrogen-bond donors (Lipinski definition) is 0. The van der Waals surface area contributed by atoms with E-state index in [0.717, 1.165) is 43.3 Å². The van der Waals surface area contributed by atoms with Crippen molar-refractivity contribution in [3.05, 3.63) is 41.4 Å². The fourth-order valence-corrected chi connectivity index (χ4v) is 3.63. The lowest BCUT2D eigenvalue weighted by Crippen LogP contribution is -2.49. The van der Waals surface area contributed by atoms with Gasteiger partial charge >= 0.3 is 0 Å². The fourth-order valence-electron chi connectivity index (χ4n) is 2.92. The summed E-state index contributed by atoms with van der Waals surface area (Å²) >= 11 is 1.66. The number of carbonyl (C=O) groups is 1. The van der Waals surface area contributed by atoms with E-state index in [-0.39, 0.29) is 5.91 Å². The predicted octanol–water partition coefficient (Wildman–Crippen LogP) is 3.22. The lowest BCUT2D eigenvalue weighted by Gasteiger charge is -2.35. The fraction of sp³-hybridized carbons (Fsp3) is 0.444. The van der Waals surface area contributed by atoms with Gasteiger partial charge in [0.1, 0.15) is 0 Å². The number of piperazine rings is 1. The maximum absolute atomic E-state index is 12.6. The molecule has 5 heteroatoms. The van der Waals surface area contributed by atoms with Crippen LogP contribution in [-0.2, 0) is 0 Å². The largest absolute Gasteiger partial charge is 0.336 e. The van der Waals surface area contributed by atoms with Crippen molar-refractivity contribution in [2.75, 3.05) is 32.7 Å². The Morgan fingerprint density at radius 3 is 2.57 bits per heavy atom. The molecule has 122 valence electrons. The van der Waals surface area contributed by atoms with E-state index in [0.29, 0.717) is 11.5 Å². The number of amides is 1. The molecule has 0 radical (unpaired) electrons. The molecule has 1 fully saturated rings. The van der Waals surface area contributed by atoms with Crippen LogP contribution in [0.2, 0.25) is 0 Å². The Bertz CT molecular complexity index is 629. The number of rotatable bonds is 4. The van der Waals surface area contributed by atoms with E-state index in [9.17, 15) is 4.79 Å². The van der Waals surface area contributed by atoms with Gasteiger partial charge in [-0.05, 0) is 29.5 Å². The normalized spacial score (nSPS) is 16.0. The number of pyridine rings is 1. The van der Waals surface area contributed by atoms with Gasteiger partial charge in [-0.3, -0.25) is 14.7 Å². The molecule has 3 rings (SSSR count). The molecule has 4 nitrogen and oxygen atoms in total. The van der Waals surface area contributed by atoms with Gasteiger partial charge in [0, 0.05) is 38.9 Å². The van der Waals surface area contributed by atoms with Crippen LogP contribution in [-0.4, -0.2) is 53.4 Å². The minimum atomic E-state index is 0.0967. The van der Waals surface area contributed by atoms with Crippen LogP contribution in [0.25, 0.3) is 10.6 Å². The third-order valence-corrected chi connectivity index (χ3v) is 4.96. The van der Waals surface area contributed by atoms with Crippen LogP contribution in [0.1, 0.15) is 24.2 Å². The summed E-state index contributed by atoms with van der Waals surface area (Å²) in [5, 5.41) is 2.03. The monoisotopic (exact) mass is 329 g/mol. The van der Waals surface area contributed by atoms with Gasteiger partial charge in [-0.1, -0.05) is 19.9 Å². The second-order valence-electron chi connectivity index (χ2n) is 6.40. The molecule has 0 unspecified atom stereocenters. The standard InChI is InChI=1S/C18H23N3OS/c1-14(2)13-20-7-9-21(10-8-20)18(22)15-5-6-16(19-12-15)17-4-3-11-23-17/h3-6,11-12,14H,7-10,13H2,1-2H3. The highest BCUT2D eigenvalue weighted by Crippen LogP contribution is 2.22. The number of hydrogen-bond acceptors (Lipinski definition) is 4. The molecular weight excluding hydrogens is 306 g/mol. The summed E-state index contributed by atoms with van der Waals surface area (Å²) in [6, 6.07) is 7.89. The first-order chi connectivity index (χ1) is 11.1. The highest BCUT2D eigenvalue weighted by Gasteiger charge is 2.22. The first-order valence-electron chi connectivity index (χ1n) is 8.15. The first-order valence-corrected chi connectivity index (χ1v) is 9.03. The summed E-state index contributed by atoms with van der Waals surface area (Å²) in [7, 11) is 0. The van der Waals surface area contributed by atoms with Crippen LogP contribution in [0.5, 0.6) is 0 Å². The summed E-state index contributed by atoms with van der Waals surface area (Å²) < 4.78 is 0. The molecule has 23 heavy (non-hydrogen) atoms. The molecule has 0 aromatic carbocycles. The molecule has 0 bridgehead atoms.